The summed E-state index contributed by atoms with van der Waals surface area (Å²) in [6.07, 6.45) is 6.72. The quantitative estimate of drug-likeness (QED) is 0.147. The van der Waals surface area contributed by atoms with Crippen molar-refractivity contribution in [1.82, 2.24) is 29.5 Å². The molecule has 0 fully saturated rings. The fourth-order valence-corrected chi connectivity index (χ4v) is 5.06. The lowest BCUT2D eigenvalue weighted by molar-refractivity contribution is 0.0697. The Morgan fingerprint density at radius 2 is 1.30 bits per heavy atom. The average molecular weight is 644 g/mol. The van der Waals surface area contributed by atoms with E-state index in [1.54, 1.807) is 24.3 Å². The minimum atomic E-state index is -0.959. The molecule has 0 spiro atoms. The molecule has 222 valence electrons. The topological polar surface area (TPSA) is 110 Å². The van der Waals surface area contributed by atoms with Gasteiger partial charge in [0.25, 0.3) is 0 Å². The lowest BCUT2D eigenvalue weighted by Crippen LogP contribution is -1.98. The van der Waals surface area contributed by atoms with E-state index in [2.05, 4.69) is 34.2 Å². The summed E-state index contributed by atoms with van der Waals surface area (Å²) in [4.78, 5) is 30.8. The minimum absolute atomic E-state index is 0. The Morgan fingerprint density at radius 3 is 1.89 bits per heavy atom. The summed E-state index contributed by atoms with van der Waals surface area (Å²) in [5.74, 6) is -0.959. The van der Waals surface area contributed by atoms with E-state index in [0.29, 0.717) is 16.0 Å². The zero-order valence-electron chi connectivity index (χ0n) is 22.8. The Bertz CT molecular complexity index is 2000. The molecule has 0 saturated carbocycles. The van der Waals surface area contributed by atoms with Gasteiger partial charge in [-0.05, 0) is 35.4 Å². The summed E-state index contributed by atoms with van der Waals surface area (Å²) in [6.45, 7) is 1.92. The number of aromatic nitrogens is 6. The number of nitrogens with one attached hydrogen (secondary N) is 1. The fourth-order valence-electron chi connectivity index (χ4n) is 4.59. The van der Waals surface area contributed by atoms with Crippen LogP contribution in [0.15, 0.2) is 110 Å². The van der Waals surface area contributed by atoms with Crippen molar-refractivity contribution in [2.75, 3.05) is 6.66 Å². The van der Waals surface area contributed by atoms with Crippen LogP contribution < -0.4 is 0 Å². The van der Waals surface area contributed by atoms with Crippen molar-refractivity contribution in [2.45, 2.75) is 7.43 Å². The van der Waals surface area contributed by atoms with Crippen molar-refractivity contribution in [3.63, 3.8) is 0 Å². The zero-order chi connectivity index (χ0) is 30.3. The van der Waals surface area contributed by atoms with Crippen LogP contribution in [0.3, 0.4) is 0 Å². The maximum absolute atomic E-state index is 11.1. The van der Waals surface area contributed by atoms with E-state index in [-0.39, 0.29) is 13.0 Å². The van der Waals surface area contributed by atoms with Gasteiger partial charge in [-0.1, -0.05) is 98.0 Å². The number of hydrogen-bond acceptors (Lipinski definition) is 5. The largest absolute Gasteiger partial charge is 0.478 e. The summed E-state index contributed by atoms with van der Waals surface area (Å²) in [6, 6.07) is 26.5. The number of hydrogen-bond donors (Lipinski definition) is 2. The molecule has 11 heteroatoms. The van der Waals surface area contributed by atoms with Crippen molar-refractivity contribution in [3.8, 4) is 27.9 Å². The van der Waals surface area contributed by atoms with Crippen molar-refractivity contribution in [1.29, 1.82) is 0 Å². The molecular formula is C33H29Cl2N6O2P. The molecular weight excluding hydrogens is 614 g/mol. The second-order valence-electron chi connectivity index (χ2n) is 8.95. The molecule has 1 atom stereocenters. The number of carboxylic acids is 1. The smallest absolute Gasteiger partial charge is 0.335 e. The van der Waals surface area contributed by atoms with Gasteiger partial charge >= 0.3 is 5.97 Å². The number of fused-ring (bicyclic) bond motifs is 2. The molecule has 7 rings (SSSR count). The Balaban J connectivity index is 0.000000201. The molecule has 4 aromatic heterocycles. The van der Waals surface area contributed by atoms with Crippen LogP contribution in [-0.2, 0) is 0 Å². The predicted molar refractivity (Wildman–Crippen MR) is 183 cm³/mol. The van der Waals surface area contributed by atoms with Crippen LogP contribution in [0.25, 0.3) is 50.0 Å². The lowest BCUT2D eigenvalue weighted by Gasteiger charge is -2.05. The second-order valence-corrected chi connectivity index (χ2v) is 9.67. The van der Waals surface area contributed by atoms with E-state index in [9.17, 15) is 4.79 Å². The van der Waals surface area contributed by atoms with Gasteiger partial charge in [0.15, 0.2) is 0 Å². The standard InChI is InChI=1S/C19H12ClN3O2.C12H8ClN3.CH5P.CH4/c20-17-16-15(12-4-2-1-3-5-12)10-23(18(16)22-11-21-17)14-8-6-13(7-9-14)19(24)25;13-11-10-9(8-4-2-1-3-5-8)6-14-12(10)16-7-15-11;1-2;/h1-11H,(H,24,25);1-7H,(H,14,15,16);2H2,1H3;1H4. The molecule has 1 unspecified atom stereocenters. The third-order valence-corrected chi connectivity index (χ3v) is 7.10. The SMILES string of the molecule is C.CP.Clc1ncnc2[nH]cc(-c3ccccc3)c12.O=C(O)c1ccc(-n2cc(-c3ccccc3)c3c(Cl)ncnc32)cc1. The van der Waals surface area contributed by atoms with E-state index in [1.165, 1.54) is 12.7 Å². The summed E-state index contributed by atoms with van der Waals surface area (Å²) >= 11 is 12.4. The monoisotopic (exact) mass is 642 g/mol. The van der Waals surface area contributed by atoms with Gasteiger partial charge in [0.05, 0.1) is 16.3 Å². The maximum atomic E-state index is 11.1. The molecule has 3 aromatic carbocycles. The van der Waals surface area contributed by atoms with E-state index in [4.69, 9.17) is 28.3 Å². The Labute approximate surface area is 267 Å². The first-order valence-corrected chi connectivity index (χ1v) is 14.9. The van der Waals surface area contributed by atoms with Gasteiger partial charge in [0.1, 0.15) is 34.3 Å². The molecule has 0 aliphatic rings. The first-order valence-electron chi connectivity index (χ1n) is 13.0. The average Bonchev–Trinajstić information content (AvgIpc) is 3.67. The van der Waals surface area contributed by atoms with E-state index in [0.717, 1.165) is 44.4 Å². The number of rotatable bonds is 4. The van der Waals surface area contributed by atoms with Crippen LogP contribution in [0.4, 0.5) is 0 Å². The van der Waals surface area contributed by atoms with E-state index in [1.807, 2.05) is 84.3 Å². The van der Waals surface area contributed by atoms with Gasteiger partial charge in [0, 0.05) is 29.2 Å². The molecule has 44 heavy (non-hydrogen) atoms. The van der Waals surface area contributed by atoms with Gasteiger partial charge < -0.3 is 14.7 Å². The van der Waals surface area contributed by atoms with Crippen molar-refractivity contribution in [2.24, 2.45) is 0 Å². The number of H-pyrrole nitrogens is 1. The zero-order valence-corrected chi connectivity index (χ0v) is 25.5. The van der Waals surface area contributed by atoms with Gasteiger partial charge in [0.2, 0.25) is 0 Å². The number of carboxylic acid groups (broad SMARTS) is 1. The van der Waals surface area contributed by atoms with Gasteiger partial charge in [-0.25, -0.2) is 24.7 Å². The highest BCUT2D eigenvalue weighted by atomic mass is 35.5. The molecule has 2 N–H and O–H groups in total. The summed E-state index contributed by atoms with van der Waals surface area (Å²) < 4.78 is 1.89. The first-order chi connectivity index (χ1) is 21.0. The minimum Gasteiger partial charge on any atom is -0.478 e. The number of benzene rings is 3. The van der Waals surface area contributed by atoms with Crippen LogP contribution in [0.5, 0.6) is 0 Å². The highest BCUT2D eigenvalue weighted by molar-refractivity contribution is 7.15. The molecule has 0 bridgehead atoms. The first kappa shape index (κ1) is 32.3. The van der Waals surface area contributed by atoms with Crippen LogP contribution in [0.1, 0.15) is 17.8 Å². The molecule has 8 nitrogen and oxygen atoms in total. The highest BCUT2D eigenvalue weighted by Crippen LogP contribution is 2.35. The maximum Gasteiger partial charge on any atom is 0.335 e. The van der Waals surface area contributed by atoms with Crippen LogP contribution in [0.2, 0.25) is 10.3 Å². The fraction of sp³-hybridized carbons (Fsp3) is 0.0606. The molecule has 0 aliphatic carbocycles. The van der Waals surface area contributed by atoms with Crippen molar-refractivity contribution in [3.05, 3.63) is 126 Å². The third-order valence-electron chi connectivity index (χ3n) is 6.52. The van der Waals surface area contributed by atoms with E-state index >= 15 is 0 Å². The van der Waals surface area contributed by atoms with Crippen molar-refractivity contribution < 1.29 is 9.90 Å². The number of aromatic carboxylic acids is 1. The Morgan fingerprint density at radius 1 is 0.750 bits per heavy atom. The molecule has 0 aliphatic heterocycles. The predicted octanol–water partition coefficient (Wildman–Crippen LogP) is 8.84. The van der Waals surface area contributed by atoms with Crippen molar-refractivity contribution >= 4 is 60.5 Å². The molecule has 0 saturated heterocycles. The molecule has 7 aromatic rings. The van der Waals surface area contributed by atoms with E-state index < -0.39 is 5.97 Å². The van der Waals surface area contributed by atoms with Gasteiger partial charge in [-0.2, -0.15) is 0 Å². The molecule has 0 radical (unpaired) electrons. The van der Waals surface area contributed by atoms with Crippen LogP contribution in [0, 0.1) is 0 Å². The summed E-state index contributed by atoms with van der Waals surface area (Å²) in [5.41, 5.74) is 6.52. The van der Waals surface area contributed by atoms with Gasteiger partial charge in [-0.3, -0.25) is 0 Å². The Kier molecular flexibility index (Phi) is 10.8. The number of halogens is 2. The molecule has 4 heterocycles. The summed E-state index contributed by atoms with van der Waals surface area (Å²) in [7, 11) is 2.42. The summed E-state index contributed by atoms with van der Waals surface area (Å²) in [5, 5.41) is 11.6. The highest BCUT2D eigenvalue weighted by Gasteiger charge is 2.16. The van der Waals surface area contributed by atoms with Crippen LogP contribution >= 0.6 is 32.4 Å². The Hall–Kier alpha value is -4.62. The normalized spacial score (nSPS) is 10.3. The number of aromatic amines is 1. The van der Waals surface area contributed by atoms with Crippen LogP contribution in [-0.4, -0.2) is 47.2 Å². The van der Waals surface area contributed by atoms with Gasteiger partial charge in [-0.15, -0.1) is 9.24 Å². The lowest BCUT2D eigenvalue weighted by atomic mass is 10.1. The number of carbonyl (C=O) groups is 1. The molecule has 0 amide bonds. The number of nitrogens with zero attached hydrogens (tertiary/aromatic N) is 5. The second kappa shape index (κ2) is 14.7. The third kappa shape index (κ3) is 6.63.